The molecule has 0 aromatic heterocycles. The molecule has 40 heavy (non-hydrogen) atoms. The molecule has 4 saturated carbocycles. The zero-order chi connectivity index (χ0) is 31.2. The highest BCUT2D eigenvalue weighted by atomic mass is 19.3. The van der Waals surface area contributed by atoms with Gasteiger partial charge in [0, 0.05) is 12.2 Å². The van der Waals surface area contributed by atoms with Crippen LogP contribution in [0.4, 0.5) is 61.5 Å². The zero-order valence-corrected chi connectivity index (χ0v) is 19.1. The van der Waals surface area contributed by atoms with Crippen LogP contribution in [0.15, 0.2) is 25.3 Å². The molecule has 0 radical (unpaired) electrons. The van der Waals surface area contributed by atoms with Gasteiger partial charge in [-0.2, -0.15) is 52.7 Å². The number of ether oxygens (including phenoxy) is 4. The summed E-state index contributed by atoms with van der Waals surface area (Å²) in [4.78, 5) is 22.0. The van der Waals surface area contributed by atoms with Crippen LogP contribution < -0.4 is 0 Å². The number of alkyl halides is 14. The maximum Gasteiger partial charge on any atom is 0.339 e. The molecule has 4 aliphatic carbocycles. The molecule has 0 spiro atoms. The van der Waals surface area contributed by atoms with E-state index in [0.717, 1.165) is 0 Å². The van der Waals surface area contributed by atoms with E-state index in [1.807, 2.05) is 0 Å². The molecule has 4 bridgehead atoms. The fraction of sp³-hybridized carbons (Fsp3) is 0.700. The zero-order valence-electron chi connectivity index (χ0n) is 19.1. The van der Waals surface area contributed by atoms with Gasteiger partial charge in [0.25, 0.3) is 11.2 Å². The molecule has 0 heterocycles. The number of carbonyl (C=O) groups excluding carboxylic acids is 2. The van der Waals surface area contributed by atoms with E-state index in [2.05, 4.69) is 32.1 Å². The van der Waals surface area contributed by atoms with Gasteiger partial charge in [0.15, 0.2) is 0 Å². The van der Waals surface area contributed by atoms with Gasteiger partial charge in [0.1, 0.15) is 13.2 Å². The van der Waals surface area contributed by atoms with Crippen molar-refractivity contribution in [1.29, 1.82) is 0 Å². The maximum atomic E-state index is 15.7. The Balaban J connectivity index is 2.38. The van der Waals surface area contributed by atoms with Crippen molar-refractivity contribution in [3.05, 3.63) is 25.3 Å². The second-order valence-corrected chi connectivity index (χ2v) is 8.57. The third kappa shape index (κ3) is 2.66. The Bertz CT molecular complexity index is 1000. The number of hydrogen-bond donors (Lipinski definition) is 0. The fourth-order valence-electron chi connectivity index (χ4n) is 5.16. The molecule has 0 unspecified atom stereocenters. The molecule has 0 aliphatic heterocycles. The van der Waals surface area contributed by atoms with Crippen LogP contribution in [0.3, 0.4) is 0 Å². The van der Waals surface area contributed by atoms with E-state index in [4.69, 9.17) is 0 Å². The smallest absolute Gasteiger partial charge is 0.339 e. The van der Waals surface area contributed by atoms with Crippen molar-refractivity contribution in [1.82, 2.24) is 0 Å². The molecule has 6 nitrogen and oxygen atoms in total. The summed E-state index contributed by atoms with van der Waals surface area (Å²) < 4.78 is 229. The van der Waals surface area contributed by atoms with Crippen LogP contribution in [0.1, 0.15) is 0 Å². The summed E-state index contributed by atoms with van der Waals surface area (Å²) in [6.07, 6.45) is 0.638. The summed E-state index contributed by atoms with van der Waals surface area (Å²) in [7, 11) is 0. The van der Waals surface area contributed by atoms with Gasteiger partial charge < -0.3 is 18.9 Å². The minimum Gasteiger partial charge on any atom is -0.460 e. The highest BCUT2D eigenvalue weighted by Gasteiger charge is 3.23. The molecule has 0 saturated heterocycles. The minimum absolute atomic E-state index is 0.319. The number of carbonyl (C=O) groups is 2. The average Bonchev–Trinajstić information content (AvgIpc) is 2.83. The predicted molar refractivity (Wildman–Crippen MR) is 97.0 cm³/mol. The Morgan fingerprint density at radius 2 is 0.750 bits per heavy atom. The first-order valence-electron chi connectivity index (χ1n) is 10.4. The molecule has 4 aliphatic rings. The van der Waals surface area contributed by atoms with E-state index in [1.165, 1.54) is 0 Å². The van der Waals surface area contributed by atoms with E-state index >= 15 is 52.7 Å². The van der Waals surface area contributed by atoms with Gasteiger partial charge in [0.2, 0.25) is 0 Å². The van der Waals surface area contributed by atoms with Gasteiger partial charge in [0.05, 0.1) is 13.2 Å². The summed E-state index contributed by atoms with van der Waals surface area (Å²) in [5, 5.41) is 0. The van der Waals surface area contributed by atoms with E-state index in [9.17, 15) is 18.4 Å². The van der Waals surface area contributed by atoms with Gasteiger partial charge in [-0.05, 0) is 0 Å². The molecule has 0 aromatic rings. The Morgan fingerprint density at radius 3 is 1.00 bits per heavy atom. The summed E-state index contributed by atoms with van der Waals surface area (Å²) >= 11 is 0. The van der Waals surface area contributed by atoms with Crippen molar-refractivity contribution < 1.29 is 90.0 Å². The number of esters is 2. The Kier molecular flexibility index (Phi) is 6.73. The Hall–Kier alpha value is -2.64. The third-order valence-corrected chi connectivity index (χ3v) is 6.87. The highest BCUT2D eigenvalue weighted by Crippen LogP contribution is 2.88. The van der Waals surface area contributed by atoms with Gasteiger partial charge >= 0.3 is 58.8 Å². The summed E-state index contributed by atoms with van der Waals surface area (Å²) in [5.41, 5.74) is -29.0. The second-order valence-electron chi connectivity index (χ2n) is 8.57. The van der Waals surface area contributed by atoms with E-state index in [1.54, 1.807) is 0 Å². The number of hydrogen-bond acceptors (Lipinski definition) is 6. The number of rotatable bonds is 10. The normalized spacial score (nSPS) is 38.4. The molecule has 0 N–H and O–H groups in total. The SMILES string of the molecule is C=CC(=O)OCCOC12C(F)(F)C3(F)C(F)(F)C(F)(C1(F)F)C(F)(F)C(OCCOC(=O)C=C)(C3(F)F)C2(F)F. The van der Waals surface area contributed by atoms with Crippen molar-refractivity contribution in [2.45, 2.75) is 58.1 Å². The summed E-state index contributed by atoms with van der Waals surface area (Å²) in [6, 6.07) is 0. The van der Waals surface area contributed by atoms with Crippen molar-refractivity contribution in [2.24, 2.45) is 0 Å². The molecule has 0 aromatic carbocycles. The monoisotopic (exact) mass is 616 g/mol. The third-order valence-electron chi connectivity index (χ3n) is 6.87. The van der Waals surface area contributed by atoms with Crippen molar-refractivity contribution in [3.8, 4) is 0 Å². The minimum atomic E-state index is -7.82. The first kappa shape index (κ1) is 31.9. The lowest BCUT2D eigenvalue weighted by atomic mass is 9.39. The van der Waals surface area contributed by atoms with Gasteiger partial charge in [-0.1, -0.05) is 13.2 Å². The standard InChI is InChI=1S/C20H14F14O6/c1-3-9(35)37-5-7-39-13-16(25,26)11(21)15(23,24)12(22,17(13,27)28)19(31,32)14(18(11,29)30,20(13,33)34)40-8-6-38-10(36)4-2/h3-4H,1-2,5-8H2. The second kappa shape index (κ2) is 8.45. The first-order valence-corrected chi connectivity index (χ1v) is 10.4. The fourth-order valence-corrected chi connectivity index (χ4v) is 5.16. The van der Waals surface area contributed by atoms with E-state index < -0.39 is 96.4 Å². The summed E-state index contributed by atoms with van der Waals surface area (Å²) in [5.74, 6) is -48.6. The largest absolute Gasteiger partial charge is 0.460 e. The molecule has 4 fully saturated rings. The molecule has 228 valence electrons. The number of halogens is 14. The van der Waals surface area contributed by atoms with Crippen molar-refractivity contribution in [2.75, 3.05) is 26.4 Å². The molecular formula is C20H14F14O6. The molecule has 0 atom stereocenters. The lowest BCUT2D eigenvalue weighted by molar-refractivity contribution is -0.629. The van der Waals surface area contributed by atoms with Gasteiger partial charge in [-0.25, -0.2) is 18.4 Å². The Morgan fingerprint density at radius 1 is 0.475 bits per heavy atom. The summed E-state index contributed by atoms with van der Waals surface area (Å²) in [6.45, 7) is -2.20. The lowest BCUT2D eigenvalue weighted by Gasteiger charge is -2.76. The van der Waals surface area contributed by atoms with Crippen LogP contribution in [-0.4, -0.2) is 96.4 Å². The maximum absolute atomic E-state index is 15.7. The molecular weight excluding hydrogens is 602 g/mol. The molecule has 20 heteroatoms. The van der Waals surface area contributed by atoms with Crippen molar-refractivity contribution in [3.63, 3.8) is 0 Å². The van der Waals surface area contributed by atoms with Crippen molar-refractivity contribution >= 4 is 11.9 Å². The van der Waals surface area contributed by atoms with E-state index in [-0.39, 0.29) is 0 Å². The van der Waals surface area contributed by atoms with Gasteiger partial charge in [-0.3, -0.25) is 0 Å². The topological polar surface area (TPSA) is 71.1 Å². The quantitative estimate of drug-likeness (QED) is 0.159. The Labute approximate surface area is 212 Å². The van der Waals surface area contributed by atoms with Crippen LogP contribution in [0.25, 0.3) is 0 Å². The van der Waals surface area contributed by atoms with Gasteiger partial charge in [-0.15, -0.1) is 0 Å². The lowest BCUT2D eigenvalue weighted by Crippen LogP contribution is -3.11. The van der Waals surface area contributed by atoms with E-state index in [0.29, 0.717) is 12.2 Å². The van der Waals surface area contributed by atoms with Crippen LogP contribution >= 0.6 is 0 Å². The van der Waals surface area contributed by atoms with Crippen LogP contribution in [-0.2, 0) is 28.5 Å². The average molecular weight is 616 g/mol. The molecule has 4 rings (SSSR count). The highest BCUT2D eigenvalue weighted by molar-refractivity contribution is 5.81. The van der Waals surface area contributed by atoms with Crippen LogP contribution in [0.2, 0.25) is 0 Å². The van der Waals surface area contributed by atoms with Crippen LogP contribution in [0.5, 0.6) is 0 Å². The molecule has 0 amide bonds. The first-order chi connectivity index (χ1) is 17.9. The predicted octanol–water partition coefficient (Wildman–Crippen LogP) is 4.22. The van der Waals surface area contributed by atoms with Crippen LogP contribution in [0, 0.1) is 0 Å².